The number of likely N-dealkylation sites (N-methyl/N-ethyl adjacent to an activating group) is 1. The lowest BCUT2D eigenvalue weighted by Crippen LogP contribution is -2.27. The van der Waals surface area contributed by atoms with Crippen molar-refractivity contribution in [2.24, 2.45) is 0 Å². The van der Waals surface area contributed by atoms with Crippen LogP contribution >= 0.6 is 0 Å². The molecular weight excluding hydrogens is 214 g/mol. The van der Waals surface area contributed by atoms with Crippen molar-refractivity contribution in [3.8, 4) is 0 Å². The average Bonchev–Trinajstić information content (AvgIpc) is 3.14. The van der Waals surface area contributed by atoms with Gasteiger partial charge in [-0.2, -0.15) is 4.98 Å². The van der Waals surface area contributed by atoms with Crippen molar-refractivity contribution in [2.45, 2.75) is 25.8 Å². The summed E-state index contributed by atoms with van der Waals surface area (Å²) >= 11 is 0. The summed E-state index contributed by atoms with van der Waals surface area (Å²) in [7, 11) is 2.18. The van der Waals surface area contributed by atoms with E-state index in [-0.39, 0.29) is 0 Å². The van der Waals surface area contributed by atoms with E-state index in [1.165, 1.54) is 12.8 Å². The SMILES string of the molecule is CCNc1nccc(NCCN(C)C2CC2)n1. The molecule has 0 saturated heterocycles. The van der Waals surface area contributed by atoms with Crippen molar-refractivity contribution in [2.75, 3.05) is 37.3 Å². The first-order valence-electron chi connectivity index (χ1n) is 6.30. The van der Waals surface area contributed by atoms with Gasteiger partial charge in [0, 0.05) is 31.9 Å². The fourth-order valence-electron chi connectivity index (χ4n) is 1.76. The molecule has 17 heavy (non-hydrogen) atoms. The van der Waals surface area contributed by atoms with Gasteiger partial charge in [0.2, 0.25) is 5.95 Å². The molecule has 1 saturated carbocycles. The number of anilines is 2. The molecule has 1 fully saturated rings. The molecule has 0 aromatic carbocycles. The molecule has 1 aliphatic carbocycles. The fourth-order valence-corrected chi connectivity index (χ4v) is 1.76. The summed E-state index contributed by atoms with van der Waals surface area (Å²) < 4.78 is 0. The summed E-state index contributed by atoms with van der Waals surface area (Å²) in [6.45, 7) is 4.86. The molecule has 0 aliphatic heterocycles. The third-order valence-corrected chi connectivity index (χ3v) is 2.93. The van der Waals surface area contributed by atoms with Crippen LogP contribution in [0, 0.1) is 0 Å². The number of hydrogen-bond donors (Lipinski definition) is 2. The number of aromatic nitrogens is 2. The molecule has 0 amide bonds. The molecule has 5 heteroatoms. The molecule has 2 rings (SSSR count). The fraction of sp³-hybridized carbons (Fsp3) is 0.667. The Hall–Kier alpha value is -1.36. The van der Waals surface area contributed by atoms with Crippen molar-refractivity contribution in [3.63, 3.8) is 0 Å². The van der Waals surface area contributed by atoms with E-state index in [4.69, 9.17) is 0 Å². The predicted molar refractivity (Wildman–Crippen MR) is 70.3 cm³/mol. The van der Waals surface area contributed by atoms with Crippen LogP contribution in [0.4, 0.5) is 11.8 Å². The van der Waals surface area contributed by atoms with Gasteiger partial charge in [0.15, 0.2) is 0 Å². The highest BCUT2D eigenvalue weighted by Crippen LogP contribution is 2.24. The second-order valence-electron chi connectivity index (χ2n) is 4.43. The number of nitrogens with zero attached hydrogens (tertiary/aromatic N) is 3. The molecule has 1 aromatic rings. The largest absolute Gasteiger partial charge is 0.369 e. The Morgan fingerprint density at radius 2 is 2.24 bits per heavy atom. The van der Waals surface area contributed by atoms with E-state index < -0.39 is 0 Å². The van der Waals surface area contributed by atoms with Crippen LogP contribution in [-0.2, 0) is 0 Å². The average molecular weight is 235 g/mol. The van der Waals surface area contributed by atoms with E-state index in [1.54, 1.807) is 6.20 Å². The Kier molecular flexibility index (Phi) is 4.14. The summed E-state index contributed by atoms with van der Waals surface area (Å²) in [6, 6.07) is 2.72. The van der Waals surface area contributed by atoms with Crippen LogP contribution in [0.1, 0.15) is 19.8 Å². The van der Waals surface area contributed by atoms with Crippen LogP contribution in [-0.4, -0.2) is 47.6 Å². The lowest BCUT2D eigenvalue weighted by molar-refractivity contribution is 0.337. The number of rotatable bonds is 7. The summed E-state index contributed by atoms with van der Waals surface area (Å²) in [5.41, 5.74) is 0. The second kappa shape index (κ2) is 5.82. The van der Waals surface area contributed by atoms with Crippen molar-refractivity contribution in [1.82, 2.24) is 14.9 Å². The van der Waals surface area contributed by atoms with Gasteiger partial charge in [-0.25, -0.2) is 4.98 Å². The van der Waals surface area contributed by atoms with Gasteiger partial charge in [-0.3, -0.25) is 0 Å². The van der Waals surface area contributed by atoms with Gasteiger partial charge in [0.05, 0.1) is 0 Å². The van der Waals surface area contributed by atoms with Gasteiger partial charge >= 0.3 is 0 Å². The standard InChI is InChI=1S/C12H21N5/c1-3-13-12-15-7-6-11(16-12)14-8-9-17(2)10-4-5-10/h6-7,10H,3-5,8-9H2,1-2H3,(H2,13,14,15,16). The molecule has 1 heterocycles. The van der Waals surface area contributed by atoms with Gasteiger partial charge < -0.3 is 15.5 Å². The maximum absolute atomic E-state index is 4.37. The van der Waals surface area contributed by atoms with E-state index in [9.17, 15) is 0 Å². The highest BCUT2D eigenvalue weighted by Gasteiger charge is 2.25. The van der Waals surface area contributed by atoms with Crippen LogP contribution in [0.15, 0.2) is 12.3 Å². The molecule has 0 bridgehead atoms. The minimum atomic E-state index is 0.688. The Morgan fingerprint density at radius 3 is 2.94 bits per heavy atom. The molecule has 1 aromatic heterocycles. The Labute approximate surface area is 103 Å². The molecule has 94 valence electrons. The molecule has 0 spiro atoms. The molecule has 0 atom stereocenters. The summed E-state index contributed by atoms with van der Waals surface area (Å²) in [5, 5.41) is 6.43. The molecule has 2 N–H and O–H groups in total. The zero-order chi connectivity index (χ0) is 12.1. The van der Waals surface area contributed by atoms with Crippen molar-refractivity contribution < 1.29 is 0 Å². The van der Waals surface area contributed by atoms with Crippen LogP contribution in [0.3, 0.4) is 0 Å². The maximum Gasteiger partial charge on any atom is 0.224 e. The Bertz CT molecular complexity index is 351. The first-order valence-corrected chi connectivity index (χ1v) is 6.30. The minimum absolute atomic E-state index is 0.688. The van der Waals surface area contributed by atoms with Gasteiger partial charge in [0.25, 0.3) is 0 Å². The smallest absolute Gasteiger partial charge is 0.224 e. The molecule has 0 radical (unpaired) electrons. The first-order chi connectivity index (χ1) is 8.29. The zero-order valence-electron chi connectivity index (χ0n) is 10.6. The van der Waals surface area contributed by atoms with Gasteiger partial charge in [-0.05, 0) is 32.9 Å². The maximum atomic E-state index is 4.37. The third-order valence-electron chi connectivity index (χ3n) is 2.93. The Balaban J connectivity index is 1.75. The number of hydrogen-bond acceptors (Lipinski definition) is 5. The third kappa shape index (κ3) is 3.85. The highest BCUT2D eigenvalue weighted by molar-refractivity contribution is 5.39. The van der Waals surface area contributed by atoms with Crippen molar-refractivity contribution in [3.05, 3.63) is 12.3 Å². The van der Waals surface area contributed by atoms with E-state index in [1.807, 2.05) is 13.0 Å². The van der Waals surface area contributed by atoms with Crippen molar-refractivity contribution >= 4 is 11.8 Å². The second-order valence-corrected chi connectivity index (χ2v) is 4.43. The zero-order valence-corrected chi connectivity index (χ0v) is 10.6. The summed E-state index contributed by atoms with van der Waals surface area (Å²) in [4.78, 5) is 10.9. The van der Waals surface area contributed by atoms with Crippen molar-refractivity contribution in [1.29, 1.82) is 0 Å². The van der Waals surface area contributed by atoms with E-state index in [0.717, 1.165) is 31.5 Å². The minimum Gasteiger partial charge on any atom is -0.369 e. The topological polar surface area (TPSA) is 53.1 Å². The van der Waals surface area contributed by atoms with E-state index >= 15 is 0 Å². The predicted octanol–water partition coefficient (Wildman–Crippen LogP) is 1.41. The van der Waals surface area contributed by atoms with Crippen LogP contribution in [0.25, 0.3) is 0 Å². The van der Waals surface area contributed by atoms with Crippen LogP contribution in [0.5, 0.6) is 0 Å². The first kappa shape index (κ1) is 12.1. The monoisotopic (exact) mass is 235 g/mol. The Morgan fingerprint density at radius 1 is 1.41 bits per heavy atom. The summed E-state index contributed by atoms with van der Waals surface area (Å²) in [6.07, 6.45) is 4.49. The van der Waals surface area contributed by atoms with Crippen LogP contribution in [0.2, 0.25) is 0 Å². The van der Waals surface area contributed by atoms with Gasteiger partial charge in [-0.1, -0.05) is 0 Å². The molecular formula is C12H21N5. The normalized spacial score (nSPS) is 15.0. The van der Waals surface area contributed by atoms with Gasteiger partial charge in [0.1, 0.15) is 5.82 Å². The lowest BCUT2D eigenvalue weighted by atomic mass is 10.5. The lowest BCUT2D eigenvalue weighted by Gasteiger charge is -2.16. The quantitative estimate of drug-likeness (QED) is 0.748. The molecule has 1 aliphatic rings. The number of nitrogens with one attached hydrogen (secondary N) is 2. The highest BCUT2D eigenvalue weighted by atomic mass is 15.2. The molecule has 5 nitrogen and oxygen atoms in total. The summed E-state index contributed by atoms with van der Waals surface area (Å²) in [5.74, 6) is 1.58. The van der Waals surface area contributed by atoms with Gasteiger partial charge in [-0.15, -0.1) is 0 Å². The van der Waals surface area contributed by atoms with E-state index in [2.05, 4.69) is 32.5 Å². The molecule has 0 unspecified atom stereocenters. The van der Waals surface area contributed by atoms with Crippen LogP contribution < -0.4 is 10.6 Å². The van der Waals surface area contributed by atoms with E-state index in [0.29, 0.717) is 5.95 Å².